The largest absolute Gasteiger partial charge is 0.296 e. The zero-order valence-electron chi connectivity index (χ0n) is 8.50. The fourth-order valence-electron chi connectivity index (χ4n) is 1.24. The van der Waals surface area contributed by atoms with E-state index in [1.165, 1.54) is 18.2 Å². The van der Waals surface area contributed by atoms with Crippen molar-refractivity contribution in [3.05, 3.63) is 33.9 Å². The van der Waals surface area contributed by atoms with Crippen molar-refractivity contribution >= 4 is 21.6 Å². The Kier molecular flexibility index (Phi) is 3.45. The first kappa shape index (κ1) is 12.4. The summed E-state index contributed by atoms with van der Waals surface area (Å²) >= 11 is 0. The molecule has 1 rings (SSSR count). The summed E-state index contributed by atoms with van der Waals surface area (Å²) in [5.74, 6) is 0. The van der Waals surface area contributed by atoms with Gasteiger partial charge in [-0.25, -0.2) is 5.14 Å². The summed E-state index contributed by atoms with van der Waals surface area (Å²) in [4.78, 5) is 9.97. The number of nitrogens with zero attached hydrogens (tertiary/aromatic N) is 1. The third-order valence-electron chi connectivity index (χ3n) is 1.93. The van der Waals surface area contributed by atoms with Gasteiger partial charge in [0.25, 0.3) is 15.9 Å². The molecule has 0 saturated carbocycles. The lowest BCUT2D eigenvalue weighted by Crippen LogP contribution is -2.22. The molecular formula is C8H11N3O4S. The first-order valence-electron chi connectivity index (χ1n) is 4.41. The Balaban J connectivity index is 3.17. The van der Waals surface area contributed by atoms with Gasteiger partial charge in [-0.1, -0.05) is 6.92 Å². The lowest BCUT2D eigenvalue weighted by atomic mass is 10.1. The van der Waals surface area contributed by atoms with Gasteiger partial charge in [0, 0.05) is 12.1 Å². The molecule has 16 heavy (non-hydrogen) atoms. The standard InChI is InChI=1S/C8H11N3O4S/c1-2-6-5-7(11(12)13)3-4-8(6)10-16(9,14)15/h3-5,10H,2H2,1H3,(H2,9,14,15). The second-order valence-corrected chi connectivity index (χ2v) is 4.39. The van der Waals surface area contributed by atoms with Crippen LogP contribution in [0.25, 0.3) is 0 Å². The van der Waals surface area contributed by atoms with Gasteiger partial charge >= 0.3 is 0 Å². The van der Waals surface area contributed by atoms with Crippen molar-refractivity contribution in [3.63, 3.8) is 0 Å². The molecule has 0 bridgehead atoms. The summed E-state index contributed by atoms with van der Waals surface area (Å²) in [6.45, 7) is 1.76. The van der Waals surface area contributed by atoms with Crippen LogP contribution in [0.5, 0.6) is 0 Å². The van der Waals surface area contributed by atoms with E-state index in [0.717, 1.165) is 0 Å². The van der Waals surface area contributed by atoms with Crippen molar-refractivity contribution in [1.29, 1.82) is 0 Å². The van der Waals surface area contributed by atoms with Crippen LogP contribution in [0.1, 0.15) is 12.5 Å². The Morgan fingerprint density at radius 2 is 2.12 bits per heavy atom. The lowest BCUT2D eigenvalue weighted by molar-refractivity contribution is -0.384. The third kappa shape index (κ3) is 3.17. The molecule has 0 aliphatic heterocycles. The Labute approximate surface area is 92.6 Å². The third-order valence-corrected chi connectivity index (χ3v) is 2.44. The van der Waals surface area contributed by atoms with E-state index in [2.05, 4.69) is 4.72 Å². The van der Waals surface area contributed by atoms with Crippen molar-refractivity contribution in [1.82, 2.24) is 0 Å². The van der Waals surface area contributed by atoms with E-state index in [9.17, 15) is 18.5 Å². The molecule has 1 aromatic carbocycles. The number of benzene rings is 1. The summed E-state index contributed by atoms with van der Waals surface area (Å²) in [7, 11) is -3.86. The molecule has 0 fully saturated rings. The molecule has 0 aliphatic rings. The van der Waals surface area contributed by atoms with E-state index in [1.54, 1.807) is 6.92 Å². The van der Waals surface area contributed by atoms with Gasteiger partial charge in [0.2, 0.25) is 0 Å². The van der Waals surface area contributed by atoms with Gasteiger partial charge in [-0.15, -0.1) is 0 Å². The van der Waals surface area contributed by atoms with Crippen molar-refractivity contribution in [2.75, 3.05) is 4.72 Å². The highest BCUT2D eigenvalue weighted by atomic mass is 32.2. The van der Waals surface area contributed by atoms with E-state index in [0.29, 0.717) is 12.0 Å². The molecule has 0 atom stereocenters. The number of hydrogen-bond acceptors (Lipinski definition) is 4. The zero-order chi connectivity index (χ0) is 12.3. The Hall–Kier alpha value is -1.67. The van der Waals surface area contributed by atoms with Gasteiger partial charge in [-0.3, -0.25) is 14.8 Å². The second kappa shape index (κ2) is 4.45. The highest BCUT2D eigenvalue weighted by Gasteiger charge is 2.12. The normalized spacial score (nSPS) is 11.1. The van der Waals surface area contributed by atoms with Crippen molar-refractivity contribution in [3.8, 4) is 0 Å². The molecule has 0 heterocycles. The molecule has 0 radical (unpaired) electrons. The number of non-ortho nitro benzene ring substituents is 1. The van der Waals surface area contributed by atoms with E-state index in [-0.39, 0.29) is 11.4 Å². The monoisotopic (exact) mass is 245 g/mol. The van der Waals surface area contributed by atoms with Gasteiger partial charge in [-0.2, -0.15) is 8.42 Å². The average molecular weight is 245 g/mol. The van der Waals surface area contributed by atoms with Gasteiger partial charge in [0.05, 0.1) is 10.6 Å². The summed E-state index contributed by atoms with van der Waals surface area (Å²) in [6, 6.07) is 3.85. The first-order chi connectivity index (χ1) is 7.33. The van der Waals surface area contributed by atoms with Crippen molar-refractivity contribution in [2.24, 2.45) is 5.14 Å². The summed E-state index contributed by atoms with van der Waals surface area (Å²) in [5, 5.41) is 15.3. The number of nitro benzene ring substituents is 1. The van der Waals surface area contributed by atoms with Crippen LogP contribution in [0.4, 0.5) is 11.4 Å². The van der Waals surface area contributed by atoms with Crippen LogP contribution in [0.15, 0.2) is 18.2 Å². The van der Waals surface area contributed by atoms with E-state index >= 15 is 0 Å². The van der Waals surface area contributed by atoms with Crippen LogP contribution in [-0.2, 0) is 16.6 Å². The Morgan fingerprint density at radius 3 is 2.56 bits per heavy atom. The topological polar surface area (TPSA) is 115 Å². The number of hydrogen-bond donors (Lipinski definition) is 2. The van der Waals surface area contributed by atoms with Crippen molar-refractivity contribution < 1.29 is 13.3 Å². The number of nitro groups is 1. The van der Waals surface area contributed by atoms with E-state index < -0.39 is 15.1 Å². The maximum absolute atomic E-state index is 10.8. The van der Waals surface area contributed by atoms with Crippen LogP contribution in [0.2, 0.25) is 0 Å². The van der Waals surface area contributed by atoms with Gasteiger partial charge in [0.1, 0.15) is 0 Å². The molecule has 0 saturated heterocycles. The highest BCUT2D eigenvalue weighted by molar-refractivity contribution is 7.90. The molecular weight excluding hydrogens is 234 g/mol. The maximum atomic E-state index is 10.8. The quantitative estimate of drug-likeness (QED) is 0.602. The zero-order valence-corrected chi connectivity index (χ0v) is 9.32. The summed E-state index contributed by atoms with van der Waals surface area (Å²) in [6.07, 6.45) is 0.458. The molecule has 88 valence electrons. The van der Waals surface area contributed by atoms with Gasteiger partial charge in [-0.05, 0) is 18.1 Å². The van der Waals surface area contributed by atoms with Crippen LogP contribution in [0, 0.1) is 10.1 Å². The Morgan fingerprint density at radius 1 is 1.50 bits per heavy atom. The second-order valence-electron chi connectivity index (χ2n) is 3.10. The molecule has 1 aromatic rings. The molecule has 0 unspecified atom stereocenters. The minimum Gasteiger partial charge on any atom is -0.271 e. The minimum absolute atomic E-state index is 0.0863. The van der Waals surface area contributed by atoms with Gasteiger partial charge in [0.15, 0.2) is 0 Å². The molecule has 0 amide bonds. The summed E-state index contributed by atoms with van der Waals surface area (Å²) < 4.78 is 23.7. The number of aryl methyl sites for hydroxylation is 1. The predicted octanol–water partition coefficient (Wildman–Crippen LogP) is 0.773. The molecule has 0 aromatic heterocycles. The Bertz CT molecular complexity index is 512. The predicted molar refractivity (Wildman–Crippen MR) is 59.2 cm³/mol. The molecule has 0 aliphatic carbocycles. The van der Waals surface area contributed by atoms with E-state index in [1.807, 2.05) is 0 Å². The summed E-state index contributed by atoms with van der Waals surface area (Å²) in [5.41, 5.74) is 0.690. The van der Waals surface area contributed by atoms with Crippen molar-refractivity contribution in [2.45, 2.75) is 13.3 Å². The smallest absolute Gasteiger partial charge is 0.271 e. The fourth-order valence-corrected chi connectivity index (χ4v) is 1.74. The molecule has 8 heteroatoms. The lowest BCUT2D eigenvalue weighted by Gasteiger charge is -2.08. The number of rotatable bonds is 4. The number of nitrogens with two attached hydrogens (primary N) is 1. The fraction of sp³-hybridized carbons (Fsp3) is 0.250. The van der Waals surface area contributed by atoms with Crippen LogP contribution in [-0.4, -0.2) is 13.3 Å². The van der Waals surface area contributed by atoms with Crippen LogP contribution < -0.4 is 9.86 Å². The number of anilines is 1. The minimum atomic E-state index is -3.86. The highest BCUT2D eigenvalue weighted by Crippen LogP contribution is 2.22. The van der Waals surface area contributed by atoms with Gasteiger partial charge < -0.3 is 0 Å². The van der Waals surface area contributed by atoms with E-state index in [4.69, 9.17) is 5.14 Å². The average Bonchev–Trinajstić information content (AvgIpc) is 2.15. The molecule has 7 nitrogen and oxygen atoms in total. The molecule has 3 N–H and O–H groups in total. The SMILES string of the molecule is CCc1cc([N+](=O)[O-])ccc1NS(N)(=O)=O. The first-order valence-corrected chi connectivity index (χ1v) is 5.96. The number of nitrogens with one attached hydrogen (secondary N) is 1. The van der Waals surface area contributed by atoms with Crippen LogP contribution >= 0.6 is 0 Å². The van der Waals surface area contributed by atoms with Crippen LogP contribution in [0.3, 0.4) is 0 Å². The maximum Gasteiger partial charge on any atom is 0.296 e. The molecule has 0 spiro atoms.